The molecule has 0 saturated carbocycles. The Morgan fingerprint density at radius 2 is 2.42 bits per heavy atom. The Balaban J connectivity index is 1.56. The summed E-state index contributed by atoms with van der Waals surface area (Å²) in [5, 5.41) is 4.20. The number of ether oxygens (including phenoxy) is 2. The summed E-state index contributed by atoms with van der Waals surface area (Å²) < 4.78 is 11.3. The van der Waals surface area contributed by atoms with Crippen molar-refractivity contribution in [1.29, 1.82) is 0 Å². The molecule has 0 aromatic heterocycles. The van der Waals surface area contributed by atoms with Crippen molar-refractivity contribution < 1.29 is 9.47 Å². The van der Waals surface area contributed by atoms with Crippen molar-refractivity contribution in [2.75, 3.05) is 19.8 Å². The van der Waals surface area contributed by atoms with Crippen LogP contribution in [0.5, 0.6) is 0 Å². The van der Waals surface area contributed by atoms with Crippen LogP contribution in [0.4, 0.5) is 0 Å². The van der Waals surface area contributed by atoms with Crippen LogP contribution in [0.2, 0.25) is 5.02 Å². The number of halogens is 1. The maximum absolute atomic E-state index is 5.92. The highest BCUT2D eigenvalue weighted by Crippen LogP contribution is 2.15. The number of nitrogens with one attached hydrogen (secondary N) is 1. The summed E-state index contributed by atoms with van der Waals surface area (Å²) in [6.45, 7) is 5.23. The van der Waals surface area contributed by atoms with E-state index in [-0.39, 0.29) is 0 Å². The van der Waals surface area contributed by atoms with Gasteiger partial charge in [0.1, 0.15) is 0 Å². The Morgan fingerprint density at radius 1 is 1.53 bits per heavy atom. The summed E-state index contributed by atoms with van der Waals surface area (Å²) in [5.41, 5.74) is 1.11. The van der Waals surface area contributed by atoms with Gasteiger partial charge in [-0.25, -0.2) is 0 Å². The molecule has 19 heavy (non-hydrogen) atoms. The molecule has 0 aliphatic carbocycles. The minimum atomic E-state index is 0.368. The van der Waals surface area contributed by atoms with Crippen LogP contribution in [0, 0.1) is 0 Å². The molecule has 1 aliphatic rings. The third-order valence-corrected chi connectivity index (χ3v) is 3.63. The molecule has 1 N–H and O–H groups in total. The molecule has 1 aromatic rings. The number of rotatable bonds is 7. The largest absolute Gasteiger partial charge is 0.377 e. The molecule has 1 fully saturated rings. The first-order chi connectivity index (χ1) is 9.25. The molecule has 2 unspecified atom stereocenters. The molecular formula is C15H22ClNO2. The highest BCUT2D eigenvalue weighted by molar-refractivity contribution is 6.30. The van der Waals surface area contributed by atoms with E-state index >= 15 is 0 Å². The first-order valence-corrected chi connectivity index (χ1v) is 7.30. The fourth-order valence-electron chi connectivity index (χ4n) is 2.30. The topological polar surface area (TPSA) is 30.5 Å². The molecule has 0 spiro atoms. The molecule has 2 rings (SSSR count). The Bertz CT molecular complexity index is 380. The predicted octanol–water partition coefficient (Wildman–Crippen LogP) is 3.01. The maximum Gasteiger partial charge on any atom is 0.0726 e. The van der Waals surface area contributed by atoms with Crippen molar-refractivity contribution in [2.45, 2.75) is 38.5 Å². The van der Waals surface area contributed by atoms with Crippen LogP contribution < -0.4 is 5.32 Å². The zero-order chi connectivity index (χ0) is 13.5. The summed E-state index contributed by atoms with van der Waals surface area (Å²) in [5.74, 6) is 0. The Kier molecular flexibility index (Phi) is 6.11. The van der Waals surface area contributed by atoms with Gasteiger partial charge in [-0.1, -0.05) is 23.7 Å². The fourth-order valence-corrected chi connectivity index (χ4v) is 2.52. The molecule has 1 heterocycles. The molecule has 2 atom stereocenters. The molecule has 106 valence electrons. The predicted molar refractivity (Wildman–Crippen MR) is 77.5 cm³/mol. The van der Waals surface area contributed by atoms with Crippen molar-refractivity contribution >= 4 is 11.6 Å². The van der Waals surface area contributed by atoms with Crippen LogP contribution in [0.25, 0.3) is 0 Å². The highest BCUT2D eigenvalue weighted by atomic mass is 35.5. The van der Waals surface area contributed by atoms with Gasteiger partial charge in [-0.3, -0.25) is 0 Å². The van der Waals surface area contributed by atoms with E-state index in [4.69, 9.17) is 21.1 Å². The van der Waals surface area contributed by atoms with E-state index in [2.05, 4.69) is 12.2 Å². The van der Waals surface area contributed by atoms with Gasteiger partial charge in [0.25, 0.3) is 0 Å². The SMILES string of the molecule is CC(NCCOCc1cccc(Cl)c1)C1CCCO1. The lowest BCUT2D eigenvalue weighted by Gasteiger charge is -2.19. The van der Waals surface area contributed by atoms with E-state index in [0.29, 0.717) is 25.4 Å². The summed E-state index contributed by atoms with van der Waals surface area (Å²) in [7, 11) is 0. The second-order valence-corrected chi connectivity index (χ2v) is 5.41. The van der Waals surface area contributed by atoms with Crippen molar-refractivity contribution in [3.05, 3.63) is 34.9 Å². The molecule has 4 heteroatoms. The zero-order valence-electron chi connectivity index (χ0n) is 11.4. The standard InChI is InChI=1S/C15H22ClNO2/c1-12(15-6-3-8-19-15)17-7-9-18-11-13-4-2-5-14(16)10-13/h2,4-5,10,12,15,17H,3,6-9,11H2,1H3. The third kappa shape index (κ3) is 5.11. The average molecular weight is 284 g/mol. The lowest BCUT2D eigenvalue weighted by atomic mass is 10.1. The van der Waals surface area contributed by atoms with E-state index in [1.54, 1.807) is 0 Å². The van der Waals surface area contributed by atoms with Gasteiger partial charge in [0.2, 0.25) is 0 Å². The Hall–Kier alpha value is -0.610. The molecule has 1 saturated heterocycles. The second-order valence-electron chi connectivity index (χ2n) is 4.98. The molecule has 0 radical (unpaired) electrons. The van der Waals surface area contributed by atoms with Gasteiger partial charge >= 0.3 is 0 Å². The highest BCUT2D eigenvalue weighted by Gasteiger charge is 2.21. The van der Waals surface area contributed by atoms with Crippen LogP contribution in [0.3, 0.4) is 0 Å². The first-order valence-electron chi connectivity index (χ1n) is 6.93. The summed E-state index contributed by atoms with van der Waals surface area (Å²) in [6, 6.07) is 8.17. The Labute approximate surface area is 120 Å². The lowest BCUT2D eigenvalue weighted by molar-refractivity contribution is 0.0751. The zero-order valence-corrected chi connectivity index (χ0v) is 12.2. The normalized spacial score (nSPS) is 20.6. The van der Waals surface area contributed by atoms with Crippen LogP contribution >= 0.6 is 11.6 Å². The van der Waals surface area contributed by atoms with E-state index in [1.165, 1.54) is 6.42 Å². The van der Waals surface area contributed by atoms with Gasteiger partial charge in [0.15, 0.2) is 0 Å². The molecule has 3 nitrogen and oxygen atoms in total. The van der Waals surface area contributed by atoms with Crippen LogP contribution in [-0.4, -0.2) is 31.9 Å². The van der Waals surface area contributed by atoms with E-state index < -0.39 is 0 Å². The number of hydrogen-bond acceptors (Lipinski definition) is 3. The Morgan fingerprint density at radius 3 is 3.16 bits per heavy atom. The van der Waals surface area contributed by atoms with Gasteiger partial charge in [-0.05, 0) is 37.5 Å². The minimum Gasteiger partial charge on any atom is -0.377 e. The third-order valence-electron chi connectivity index (χ3n) is 3.39. The van der Waals surface area contributed by atoms with Crippen LogP contribution in [-0.2, 0) is 16.1 Å². The summed E-state index contributed by atoms with van der Waals surface area (Å²) in [4.78, 5) is 0. The van der Waals surface area contributed by atoms with Gasteiger partial charge in [0, 0.05) is 24.2 Å². The lowest BCUT2D eigenvalue weighted by Crippen LogP contribution is -2.38. The number of hydrogen-bond donors (Lipinski definition) is 1. The maximum atomic E-state index is 5.92. The van der Waals surface area contributed by atoms with Crippen molar-refractivity contribution in [3.8, 4) is 0 Å². The summed E-state index contributed by atoms with van der Waals surface area (Å²) >= 11 is 5.92. The monoisotopic (exact) mass is 283 g/mol. The van der Waals surface area contributed by atoms with Crippen LogP contribution in [0.15, 0.2) is 24.3 Å². The van der Waals surface area contributed by atoms with Crippen LogP contribution in [0.1, 0.15) is 25.3 Å². The second kappa shape index (κ2) is 7.85. The minimum absolute atomic E-state index is 0.368. The molecule has 1 aromatic carbocycles. The van der Waals surface area contributed by atoms with Gasteiger partial charge in [-0.15, -0.1) is 0 Å². The van der Waals surface area contributed by atoms with E-state index in [0.717, 1.165) is 30.2 Å². The van der Waals surface area contributed by atoms with Gasteiger partial charge in [0.05, 0.1) is 19.3 Å². The quantitative estimate of drug-likeness (QED) is 0.781. The molecule has 0 bridgehead atoms. The van der Waals surface area contributed by atoms with E-state index in [9.17, 15) is 0 Å². The van der Waals surface area contributed by atoms with Crippen molar-refractivity contribution in [2.24, 2.45) is 0 Å². The van der Waals surface area contributed by atoms with Crippen molar-refractivity contribution in [3.63, 3.8) is 0 Å². The number of benzene rings is 1. The van der Waals surface area contributed by atoms with Gasteiger partial charge < -0.3 is 14.8 Å². The average Bonchev–Trinajstić information content (AvgIpc) is 2.92. The fraction of sp³-hybridized carbons (Fsp3) is 0.600. The van der Waals surface area contributed by atoms with Gasteiger partial charge in [-0.2, -0.15) is 0 Å². The van der Waals surface area contributed by atoms with Crippen molar-refractivity contribution in [1.82, 2.24) is 5.32 Å². The van der Waals surface area contributed by atoms with E-state index in [1.807, 2.05) is 24.3 Å². The molecular weight excluding hydrogens is 262 g/mol. The smallest absolute Gasteiger partial charge is 0.0726 e. The first kappa shape index (κ1) is 14.8. The molecule has 1 aliphatic heterocycles. The molecule has 0 amide bonds. The summed E-state index contributed by atoms with van der Waals surface area (Å²) in [6.07, 6.45) is 2.72.